The van der Waals surface area contributed by atoms with E-state index in [4.69, 9.17) is 4.74 Å². The van der Waals surface area contributed by atoms with Gasteiger partial charge in [0, 0.05) is 6.08 Å². The predicted octanol–water partition coefficient (Wildman–Crippen LogP) is 1.80. The van der Waals surface area contributed by atoms with Gasteiger partial charge in [-0.15, -0.1) is 0 Å². The lowest BCUT2D eigenvalue weighted by Gasteiger charge is -2.21. The molecule has 0 amide bonds. The Labute approximate surface area is 84.8 Å². The van der Waals surface area contributed by atoms with Crippen molar-refractivity contribution in [2.75, 3.05) is 0 Å². The summed E-state index contributed by atoms with van der Waals surface area (Å²) in [6.07, 6.45) is 6.36. The highest BCUT2D eigenvalue weighted by atomic mass is 16.5. The summed E-state index contributed by atoms with van der Waals surface area (Å²) >= 11 is 0. The first-order valence-electron chi connectivity index (χ1n) is 5.15. The number of cyclic esters (lactones) is 1. The first-order valence-corrected chi connectivity index (χ1v) is 5.15. The summed E-state index contributed by atoms with van der Waals surface area (Å²) in [5.74, 6) is -0.253. The fourth-order valence-electron chi connectivity index (χ4n) is 1.43. The molecular weight excluding hydrogens is 180 g/mol. The van der Waals surface area contributed by atoms with Crippen molar-refractivity contribution < 1.29 is 14.6 Å². The van der Waals surface area contributed by atoms with E-state index < -0.39 is 5.60 Å². The maximum absolute atomic E-state index is 10.7. The maximum atomic E-state index is 10.7. The van der Waals surface area contributed by atoms with E-state index in [1.807, 2.05) is 13.8 Å². The number of hydrogen-bond acceptors (Lipinski definition) is 3. The zero-order valence-corrected chi connectivity index (χ0v) is 8.82. The lowest BCUT2D eigenvalue weighted by atomic mass is 9.95. The van der Waals surface area contributed by atoms with E-state index in [-0.39, 0.29) is 12.1 Å². The van der Waals surface area contributed by atoms with Crippen molar-refractivity contribution in [2.24, 2.45) is 0 Å². The number of ether oxygens (including phenoxy) is 1. The molecule has 1 N–H and O–H groups in total. The van der Waals surface area contributed by atoms with Gasteiger partial charge in [-0.1, -0.05) is 6.92 Å². The van der Waals surface area contributed by atoms with Crippen molar-refractivity contribution in [1.29, 1.82) is 0 Å². The summed E-state index contributed by atoms with van der Waals surface area (Å²) in [5.41, 5.74) is -0.577. The minimum absolute atomic E-state index is 0.0739. The van der Waals surface area contributed by atoms with Crippen LogP contribution in [0.25, 0.3) is 0 Å². The van der Waals surface area contributed by atoms with Gasteiger partial charge in [0.25, 0.3) is 0 Å². The van der Waals surface area contributed by atoms with Crippen LogP contribution < -0.4 is 0 Å². The normalized spacial score (nSPS) is 24.8. The van der Waals surface area contributed by atoms with Crippen LogP contribution in [0.15, 0.2) is 12.2 Å². The van der Waals surface area contributed by atoms with Crippen LogP contribution in [-0.2, 0) is 9.53 Å². The van der Waals surface area contributed by atoms with Crippen LogP contribution in [0.1, 0.15) is 39.5 Å². The number of hydrogen-bond donors (Lipinski definition) is 1. The minimum Gasteiger partial charge on any atom is -0.455 e. The van der Waals surface area contributed by atoms with E-state index in [0.29, 0.717) is 0 Å². The Hall–Kier alpha value is -0.830. The monoisotopic (exact) mass is 198 g/mol. The van der Waals surface area contributed by atoms with Crippen LogP contribution in [0.4, 0.5) is 0 Å². The summed E-state index contributed by atoms with van der Waals surface area (Å²) in [4.78, 5) is 10.7. The molecule has 1 heterocycles. The van der Waals surface area contributed by atoms with Crippen molar-refractivity contribution >= 4 is 5.97 Å². The first kappa shape index (κ1) is 11.2. The molecule has 0 bridgehead atoms. The van der Waals surface area contributed by atoms with Gasteiger partial charge in [0.05, 0.1) is 5.60 Å². The molecule has 3 nitrogen and oxygen atoms in total. The zero-order valence-electron chi connectivity index (χ0n) is 8.82. The zero-order chi connectivity index (χ0) is 10.6. The quantitative estimate of drug-likeness (QED) is 0.685. The van der Waals surface area contributed by atoms with E-state index in [0.717, 1.165) is 25.7 Å². The summed E-state index contributed by atoms with van der Waals surface area (Å²) in [6.45, 7) is 3.80. The Kier molecular flexibility index (Phi) is 3.69. The summed E-state index contributed by atoms with van der Waals surface area (Å²) < 4.78 is 4.98. The molecule has 0 fully saturated rings. The highest BCUT2D eigenvalue weighted by molar-refractivity contribution is 5.84. The number of aliphatic hydroxyl groups is 1. The Morgan fingerprint density at radius 2 is 2.36 bits per heavy atom. The molecule has 1 aliphatic heterocycles. The minimum atomic E-state index is -0.577. The summed E-state index contributed by atoms with van der Waals surface area (Å²) in [5, 5.41) is 9.72. The van der Waals surface area contributed by atoms with Crippen molar-refractivity contribution in [3.63, 3.8) is 0 Å². The molecule has 0 spiro atoms. The van der Waals surface area contributed by atoms with Crippen molar-refractivity contribution in [3.05, 3.63) is 12.2 Å². The van der Waals surface area contributed by atoms with E-state index in [1.54, 1.807) is 6.08 Å². The standard InChI is InChI=1S/C11H18O3/c1-3-11(2,13)8-4-5-9-6-7-10(12)14-9/h6-7,9,13H,3-5,8H2,1-2H3. The van der Waals surface area contributed by atoms with Crippen LogP contribution >= 0.6 is 0 Å². The predicted molar refractivity (Wildman–Crippen MR) is 53.8 cm³/mol. The van der Waals surface area contributed by atoms with Gasteiger partial charge in [-0.05, 0) is 38.7 Å². The molecule has 0 saturated heterocycles. The van der Waals surface area contributed by atoms with Gasteiger partial charge in [0.15, 0.2) is 0 Å². The SMILES string of the molecule is CCC(C)(O)CCCC1C=CC(=O)O1. The van der Waals surface area contributed by atoms with Gasteiger partial charge in [-0.25, -0.2) is 4.79 Å². The fourth-order valence-corrected chi connectivity index (χ4v) is 1.43. The molecule has 0 aromatic carbocycles. The van der Waals surface area contributed by atoms with Gasteiger partial charge in [-0.3, -0.25) is 0 Å². The van der Waals surface area contributed by atoms with Crippen molar-refractivity contribution in [2.45, 2.75) is 51.2 Å². The highest BCUT2D eigenvalue weighted by Crippen LogP contribution is 2.20. The molecule has 0 aliphatic carbocycles. The van der Waals surface area contributed by atoms with Crippen LogP contribution in [0.5, 0.6) is 0 Å². The van der Waals surface area contributed by atoms with Crippen molar-refractivity contribution in [1.82, 2.24) is 0 Å². The second kappa shape index (κ2) is 4.60. The second-order valence-corrected chi connectivity index (χ2v) is 4.08. The molecule has 14 heavy (non-hydrogen) atoms. The Morgan fingerprint density at radius 3 is 2.86 bits per heavy atom. The first-order chi connectivity index (χ1) is 6.53. The number of rotatable bonds is 5. The second-order valence-electron chi connectivity index (χ2n) is 4.08. The Morgan fingerprint density at radius 1 is 1.64 bits per heavy atom. The highest BCUT2D eigenvalue weighted by Gasteiger charge is 2.20. The molecule has 1 rings (SSSR count). The number of esters is 1. The number of carbonyl (C=O) groups is 1. The third-order valence-corrected chi connectivity index (χ3v) is 2.68. The molecule has 0 aromatic heterocycles. The van der Waals surface area contributed by atoms with E-state index in [2.05, 4.69) is 0 Å². The lowest BCUT2D eigenvalue weighted by Crippen LogP contribution is -2.23. The number of carbonyl (C=O) groups excluding carboxylic acids is 1. The third kappa shape index (κ3) is 3.50. The van der Waals surface area contributed by atoms with Gasteiger partial charge < -0.3 is 9.84 Å². The Bertz CT molecular complexity index is 231. The third-order valence-electron chi connectivity index (χ3n) is 2.68. The average Bonchev–Trinajstić information content (AvgIpc) is 2.51. The average molecular weight is 198 g/mol. The van der Waals surface area contributed by atoms with Crippen LogP contribution in [0.3, 0.4) is 0 Å². The van der Waals surface area contributed by atoms with E-state index in [1.165, 1.54) is 6.08 Å². The van der Waals surface area contributed by atoms with Crippen LogP contribution in [0.2, 0.25) is 0 Å². The smallest absolute Gasteiger partial charge is 0.331 e. The molecule has 0 radical (unpaired) electrons. The Balaban J connectivity index is 2.16. The summed E-state index contributed by atoms with van der Waals surface area (Å²) in [6, 6.07) is 0. The topological polar surface area (TPSA) is 46.5 Å². The van der Waals surface area contributed by atoms with E-state index >= 15 is 0 Å². The molecule has 0 aromatic rings. The molecule has 2 unspecified atom stereocenters. The largest absolute Gasteiger partial charge is 0.455 e. The van der Waals surface area contributed by atoms with Crippen LogP contribution in [0, 0.1) is 0 Å². The molecule has 80 valence electrons. The molecule has 1 aliphatic rings. The van der Waals surface area contributed by atoms with Crippen molar-refractivity contribution in [3.8, 4) is 0 Å². The maximum Gasteiger partial charge on any atom is 0.331 e. The molecule has 3 heteroatoms. The lowest BCUT2D eigenvalue weighted by molar-refractivity contribution is -0.138. The van der Waals surface area contributed by atoms with Gasteiger partial charge in [0.1, 0.15) is 6.10 Å². The fraction of sp³-hybridized carbons (Fsp3) is 0.727. The van der Waals surface area contributed by atoms with E-state index in [9.17, 15) is 9.90 Å². The van der Waals surface area contributed by atoms with Gasteiger partial charge >= 0.3 is 5.97 Å². The molecule has 2 atom stereocenters. The summed E-state index contributed by atoms with van der Waals surface area (Å²) in [7, 11) is 0. The van der Waals surface area contributed by atoms with Gasteiger partial charge in [0.2, 0.25) is 0 Å². The van der Waals surface area contributed by atoms with Crippen LogP contribution in [-0.4, -0.2) is 22.8 Å². The van der Waals surface area contributed by atoms with Gasteiger partial charge in [-0.2, -0.15) is 0 Å². The molecule has 0 saturated carbocycles. The molecular formula is C11H18O3.